The molecule has 1 aromatic carbocycles. The Balaban J connectivity index is 1.62. The molecule has 3 heterocycles. The fourth-order valence-electron chi connectivity index (χ4n) is 3.20. The lowest BCUT2D eigenvalue weighted by Crippen LogP contribution is -2.28. The largest absolute Gasteiger partial charge is 0.454 e. The number of nitrogens with one attached hydrogen (secondary N) is 1. The van der Waals surface area contributed by atoms with Gasteiger partial charge in [-0.25, -0.2) is 15.0 Å². The third kappa shape index (κ3) is 4.13. The number of fused-ring (bicyclic) bond motifs is 2. The van der Waals surface area contributed by atoms with E-state index in [1.807, 2.05) is 37.5 Å². The van der Waals surface area contributed by atoms with Crippen molar-refractivity contribution in [2.75, 3.05) is 19.1 Å². The topological polar surface area (TPSA) is 117 Å². The lowest BCUT2D eigenvalue weighted by molar-refractivity contribution is -0.121. The predicted octanol–water partition coefficient (Wildman–Crippen LogP) is 2.76. The molecular weight excluding hydrogens is 404 g/mol. The number of aromatic nitrogens is 4. The van der Waals surface area contributed by atoms with Crippen LogP contribution in [0.1, 0.15) is 25.8 Å². The number of imidazole rings is 1. The minimum Gasteiger partial charge on any atom is -0.454 e. The summed E-state index contributed by atoms with van der Waals surface area (Å²) in [4.78, 5) is 26.1. The van der Waals surface area contributed by atoms with Crippen molar-refractivity contribution in [2.45, 2.75) is 43.8 Å². The zero-order chi connectivity index (χ0) is 21.3. The number of carbonyl (C=O) groups is 1. The first kappa shape index (κ1) is 20.3. The molecule has 1 aliphatic rings. The molecule has 3 aromatic rings. The maximum atomic E-state index is 12.0. The number of rotatable bonds is 7. The smallest absolute Gasteiger partial charge is 0.231 e. The standard InChI is InChI=1S/C20H24N6O3S/c1-11(2)6-16(27)22-4-5-26-19-17(18(21)23-9-24-19)25-20(26)30-15-8-14-13(7-12(15)3)28-10-29-14/h7-9,11H,4-6,10H2,1-3H3,(H,22,27)(H2,21,23,24). The van der Waals surface area contributed by atoms with E-state index in [2.05, 4.69) is 20.3 Å². The maximum absolute atomic E-state index is 12.0. The molecule has 0 spiro atoms. The highest BCUT2D eigenvalue weighted by molar-refractivity contribution is 7.99. The van der Waals surface area contributed by atoms with Crippen LogP contribution < -0.4 is 20.5 Å². The fraction of sp³-hybridized carbons (Fsp3) is 0.400. The molecule has 30 heavy (non-hydrogen) atoms. The molecule has 1 amide bonds. The monoisotopic (exact) mass is 428 g/mol. The Morgan fingerprint density at radius 2 is 2.07 bits per heavy atom. The normalized spacial score (nSPS) is 12.7. The Bertz CT molecular complexity index is 1100. The number of benzene rings is 1. The molecule has 3 N–H and O–H groups in total. The molecule has 10 heteroatoms. The van der Waals surface area contributed by atoms with Crippen molar-refractivity contribution in [3.8, 4) is 11.5 Å². The molecule has 0 saturated carbocycles. The molecule has 4 rings (SSSR count). The second-order valence-corrected chi connectivity index (χ2v) is 8.51. The van der Waals surface area contributed by atoms with Gasteiger partial charge in [0.15, 0.2) is 33.6 Å². The van der Waals surface area contributed by atoms with E-state index in [-0.39, 0.29) is 12.7 Å². The summed E-state index contributed by atoms with van der Waals surface area (Å²) in [7, 11) is 0. The van der Waals surface area contributed by atoms with Crippen molar-refractivity contribution >= 4 is 34.7 Å². The third-order valence-electron chi connectivity index (χ3n) is 4.65. The number of aryl methyl sites for hydroxylation is 1. The van der Waals surface area contributed by atoms with Crippen molar-refractivity contribution in [1.82, 2.24) is 24.8 Å². The van der Waals surface area contributed by atoms with E-state index in [9.17, 15) is 4.79 Å². The van der Waals surface area contributed by atoms with Gasteiger partial charge >= 0.3 is 0 Å². The molecule has 1 aliphatic heterocycles. The second kappa shape index (κ2) is 8.39. The third-order valence-corrected chi connectivity index (χ3v) is 5.80. The van der Waals surface area contributed by atoms with Gasteiger partial charge in [0.1, 0.15) is 6.33 Å². The summed E-state index contributed by atoms with van der Waals surface area (Å²) in [5.41, 5.74) is 8.26. The number of ether oxygens (including phenoxy) is 2. The van der Waals surface area contributed by atoms with Gasteiger partial charge in [0.05, 0.1) is 0 Å². The quantitative estimate of drug-likeness (QED) is 0.590. The molecule has 158 valence electrons. The number of nitrogens with zero attached hydrogens (tertiary/aromatic N) is 4. The van der Waals surface area contributed by atoms with Crippen LogP contribution in [0.4, 0.5) is 5.82 Å². The summed E-state index contributed by atoms with van der Waals surface area (Å²) in [6.07, 6.45) is 1.92. The SMILES string of the molecule is Cc1cc2c(cc1Sc1nc3c(N)ncnc3n1CCNC(=O)CC(C)C)OCO2. The maximum Gasteiger partial charge on any atom is 0.231 e. The van der Waals surface area contributed by atoms with Crippen molar-refractivity contribution in [1.29, 1.82) is 0 Å². The average Bonchev–Trinajstić information content (AvgIpc) is 3.27. The molecule has 0 bridgehead atoms. The molecule has 0 aliphatic carbocycles. The second-order valence-electron chi connectivity index (χ2n) is 7.50. The Morgan fingerprint density at radius 1 is 1.30 bits per heavy atom. The highest BCUT2D eigenvalue weighted by Gasteiger charge is 2.20. The first-order valence-corrected chi connectivity index (χ1v) is 10.6. The minimum absolute atomic E-state index is 0.0318. The van der Waals surface area contributed by atoms with Gasteiger partial charge in [0.2, 0.25) is 12.7 Å². The Morgan fingerprint density at radius 3 is 2.83 bits per heavy atom. The number of anilines is 1. The van der Waals surface area contributed by atoms with Gasteiger partial charge < -0.3 is 25.1 Å². The van der Waals surface area contributed by atoms with Crippen LogP contribution in [0.15, 0.2) is 28.5 Å². The molecular formula is C20H24N6O3S. The summed E-state index contributed by atoms with van der Waals surface area (Å²) < 4.78 is 12.9. The Hall–Kier alpha value is -3.01. The summed E-state index contributed by atoms with van der Waals surface area (Å²) in [6, 6.07) is 3.91. The molecule has 0 radical (unpaired) electrons. The molecule has 0 fully saturated rings. The van der Waals surface area contributed by atoms with Crippen LogP contribution in [0, 0.1) is 12.8 Å². The fourth-order valence-corrected chi connectivity index (χ4v) is 4.20. The molecule has 9 nitrogen and oxygen atoms in total. The van der Waals surface area contributed by atoms with Gasteiger partial charge in [-0.2, -0.15) is 0 Å². The number of carbonyl (C=O) groups excluding carboxylic acids is 1. The first-order chi connectivity index (χ1) is 14.4. The predicted molar refractivity (Wildman–Crippen MR) is 114 cm³/mol. The van der Waals surface area contributed by atoms with Gasteiger partial charge in [-0.3, -0.25) is 4.79 Å². The van der Waals surface area contributed by atoms with E-state index in [4.69, 9.17) is 15.2 Å². The van der Waals surface area contributed by atoms with Crippen LogP contribution in [0.2, 0.25) is 0 Å². The van der Waals surface area contributed by atoms with E-state index >= 15 is 0 Å². The number of nitrogen functional groups attached to an aromatic ring is 1. The van der Waals surface area contributed by atoms with Crippen molar-refractivity contribution in [3.63, 3.8) is 0 Å². The van der Waals surface area contributed by atoms with Crippen LogP contribution in [-0.4, -0.2) is 38.8 Å². The number of amides is 1. The van der Waals surface area contributed by atoms with Gasteiger partial charge in [0.25, 0.3) is 0 Å². The van der Waals surface area contributed by atoms with Crippen molar-refractivity contribution < 1.29 is 14.3 Å². The van der Waals surface area contributed by atoms with E-state index < -0.39 is 0 Å². The average molecular weight is 429 g/mol. The number of hydrogen-bond acceptors (Lipinski definition) is 8. The molecule has 0 atom stereocenters. The first-order valence-electron chi connectivity index (χ1n) is 9.74. The van der Waals surface area contributed by atoms with E-state index in [0.717, 1.165) is 21.4 Å². The summed E-state index contributed by atoms with van der Waals surface area (Å²) in [5, 5.41) is 3.68. The Labute approximate surface area is 178 Å². The van der Waals surface area contributed by atoms with Gasteiger partial charge in [-0.1, -0.05) is 25.6 Å². The lowest BCUT2D eigenvalue weighted by Gasteiger charge is -2.11. The number of hydrogen-bond donors (Lipinski definition) is 2. The van der Waals surface area contributed by atoms with E-state index in [1.165, 1.54) is 18.1 Å². The highest BCUT2D eigenvalue weighted by atomic mass is 32.2. The minimum atomic E-state index is 0.0318. The molecule has 2 aromatic heterocycles. The van der Waals surface area contributed by atoms with Gasteiger partial charge in [0, 0.05) is 24.4 Å². The van der Waals surface area contributed by atoms with Crippen LogP contribution in [0.25, 0.3) is 11.2 Å². The highest BCUT2D eigenvalue weighted by Crippen LogP contribution is 2.40. The van der Waals surface area contributed by atoms with Crippen LogP contribution in [-0.2, 0) is 11.3 Å². The van der Waals surface area contributed by atoms with E-state index in [0.29, 0.717) is 48.2 Å². The van der Waals surface area contributed by atoms with Gasteiger partial charge in [-0.05, 0) is 30.5 Å². The van der Waals surface area contributed by atoms with Gasteiger partial charge in [-0.15, -0.1) is 0 Å². The van der Waals surface area contributed by atoms with Crippen LogP contribution >= 0.6 is 11.8 Å². The molecule has 0 unspecified atom stereocenters. The number of nitrogens with two attached hydrogens (primary N) is 1. The van der Waals surface area contributed by atoms with Crippen molar-refractivity contribution in [2.24, 2.45) is 5.92 Å². The summed E-state index contributed by atoms with van der Waals surface area (Å²) in [5.74, 6) is 2.13. The lowest BCUT2D eigenvalue weighted by atomic mass is 10.1. The Kier molecular flexibility index (Phi) is 5.67. The summed E-state index contributed by atoms with van der Waals surface area (Å²) >= 11 is 1.49. The van der Waals surface area contributed by atoms with Crippen LogP contribution in [0.3, 0.4) is 0 Å². The van der Waals surface area contributed by atoms with Crippen molar-refractivity contribution in [3.05, 3.63) is 24.0 Å². The zero-order valence-electron chi connectivity index (χ0n) is 17.1. The summed E-state index contributed by atoms with van der Waals surface area (Å²) in [6.45, 7) is 7.26. The van der Waals surface area contributed by atoms with E-state index in [1.54, 1.807) is 0 Å². The zero-order valence-corrected chi connectivity index (χ0v) is 18.0. The van der Waals surface area contributed by atoms with Crippen LogP contribution in [0.5, 0.6) is 11.5 Å². The molecule has 0 saturated heterocycles.